The fourth-order valence-electron chi connectivity index (χ4n) is 2.11. The van der Waals surface area contributed by atoms with Crippen LogP contribution in [0.15, 0.2) is 42.6 Å². The number of hydrogen-bond acceptors (Lipinski definition) is 3. The standard InChI is InChI=1S/C17H16ClN3/c1-17(2,3)16-20-14(9-15(18)21-16)12-8-11-6-4-5-7-13(11)19-10-12/h4-10H,1-3H3. The van der Waals surface area contributed by atoms with Gasteiger partial charge in [0.2, 0.25) is 0 Å². The molecule has 3 aromatic rings. The fraction of sp³-hybridized carbons (Fsp3) is 0.235. The minimum atomic E-state index is -0.149. The monoisotopic (exact) mass is 297 g/mol. The van der Waals surface area contributed by atoms with Crippen molar-refractivity contribution in [2.75, 3.05) is 0 Å². The molecule has 106 valence electrons. The highest BCUT2D eigenvalue weighted by Crippen LogP contribution is 2.26. The lowest BCUT2D eigenvalue weighted by Gasteiger charge is -2.17. The molecular formula is C17H16ClN3. The normalized spacial score (nSPS) is 11.8. The summed E-state index contributed by atoms with van der Waals surface area (Å²) in [5, 5.41) is 1.54. The number of nitrogens with zero attached hydrogens (tertiary/aromatic N) is 3. The fourth-order valence-corrected chi connectivity index (χ4v) is 2.30. The molecule has 4 heteroatoms. The number of aromatic nitrogens is 3. The zero-order valence-corrected chi connectivity index (χ0v) is 13.0. The molecule has 0 aliphatic rings. The van der Waals surface area contributed by atoms with Crippen molar-refractivity contribution in [2.24, 2.45) is 0 Å². The van der Waals surface area contributed by atoms with Gasteiger partial charge in [-0.1, -0.05) is 50.6 Å². The van der Waals surface area contributed by atoms with Crippen molar-refractivity contribution in [2.45, 2.75) is 26.2 Å². The van der Waals surface area contributed by atoms with Gasteiger partial charge in [0, 0.05) is 28.6 Å². The Bertz CT molecular complexity index is 806. The van der Waals surface area contributed by atoms with Gasteiger partial charge in [0.05, 0.1) is 11.2 Å². The molecule has 0 saturated carbocycles. The molecule has 3 nitrogen and oxygen atoms in total. The van der Waals surface area contributed by atoms with Crippen LogP contribution >= 0.6 is 11.6 Å². The van der Waals surface area contributed by atoms with Gasteiger partial charge in [-0.3, -0.25) is 4.98 Å². The van der Waals surface area contributed by atoms with Crippen molar-refractivity contribution in [3.05, 3.63) is 53.6 Å². The van der Waals surface area contributed by atoms with E-state index >= 15 is 0 Å². The smallest absolute Gasteiger partial charge is 0.136 e. The van der Waals surface area contributed by atoms with Crippen molar-refractivity contribution in [3.63, 3.8) is 0 Å². The molecule has 0 amide bonds. The summed E-state index contributed by atoms with van der Waals surface area (Å²) in [4.78, 5) is 13.4. The Morgan fingerprint density at radius 2 is 1.76 bits per heavy atom. The maximum atomic E-state index is 6.15. The predicted molar refractivity (Wildman–Crippen MR) is 86.5 cm³/mol. The molecule has 0 saturated heterocycles. The van der Waals surface area contributed by atoms with Crippen LogP contribution in [-0.4, -0.2) is 15.0 Å². The van der Waals surface area contributed by atoms with Crippen molar-refractivity contribution < 1.29 is 0 Å². The summed E-state index contributed by atoms with van der Waals surface area (Å²) in [7, 11) is 0. The van der Waals surface area contributed by atoms with Gasteiger partial charge in [-0.25, -0.2) is 9.97 Å². The third-order valence-corrected chi connectivity index (χ3v) is 3.45. The van der Waals surface area contributed by atoms with Crippen LogP contribution in [0.2, 0.25) is 5.15 Å². The average molecular weight is 298 g/mol. The minimum absolute atomic E-state index is 0.149. The Hall–Kier alpha value is -2.00. The van der Waals surface area contributed by atoms with Crippen molar-refractivity contribution >= 4 is 22.5 Å². The molecule has 0 unspecified atom stereocenters. The maximum Gasteiger partial charge on any atom is 0.136 e. The van der Waals surface area contributed by atoms with Gasteiger partial charge in [-0.2, -0.15) is 0 Å². The lowest BCUT2D eigenvalue weighted by molar-refractivity contribution is 0.546. The lowest BCUT2D eigenvalue weighted by Crippen LogP contribution is -2.16. The van der Waals surface area contributed by atoms with E-state index in [4.69, 9.17) is 11.6 Å². The third-order valence-electron chi connectivity index (χ3n) is 3.25. The van der Waals surface area contributed by atoms with Crippen molar-refractivity contribution in [1.29, 1.82) is 0 Å². The topological polar surface area (TPSA) is 38.7 Å². The van der Waals surface area contributed by atoms with E-state index in [1.165, 1.54) is 0 Å². The number of pyridine rings is 1. The lowest BCUT2D eigenvalue weighted by atomic mass is 9.95. The van der Waals surface area contributed by atoms with Gasteiger partial charge in [-0.15, -0.1) is 0 Å². The molecule has 3 rings (SSSR count). The van der Waals surface area contributed by atoms with Gasteiger partial charge < -0.3 is 0 Å². The van der Waals surface area contributed by atoms with Crippen LogP contribution in [0, 0.1) is 0 Å². The van der Waals surface area contributed by atoms with Crippen LogP contribution in [0.1, 0.15) is 26.6 Å². The second-order valence-corrected chi connectivity index (χ2v) is 6.45. The second-order valence-electron chi connectivity index (χ2n) is 6.07. The highest BCUT2D eigenvalue weighted by Gasteiger charge is 2.19. The van der Waals surface area contributed by atoms with E-state index < -0.39 is 0 Å². The van der Waals surface area contributed by atoms with Gasteiger partial charge >= 0.3 is 0 Å². The van der Waals surface area contributed by atoms with E-state index in [9.17, 15) is 0 Å². The molecule has 2 aromatic heterocycles. The van der Waals surface area contributed by atoms with Gasteiger partial charge in [0.25, 0.3) is 0 Å². The number of benzene rings is 1. The summed E-state index contributed by atoms with van der Waals surface area (Å²) < 4.78 is 0. The van der Waals surface area contributed by atoms with E-state index in [-0.39, 0.29) is 5.41 Å². The van der Waals surface area contributed by atoms with E-state index in [1.807, 2.05) is 30.5 Å². The largest absolute Gasteiger partial charge is 0.256 e. The van der Waals surface area contributed by atoms with E-state index in [0.717, 1.165) is 28.0 Å². The molecule has 0 aliphatic heterocycles. The third kappa shape index (κ3) is 2.88. The summed E-state index contributed by atoms with van der Waals surface area (Å²) >= 11 is 6.15. The van der Waals surface area contributed by atoms with Gasteiger partial charge in [-0.05, 0) is 12.1 Å². The Balaban J connectivity index is 2.16. The Morgan fingerprint density at radius 1 is 1.00 bits per heavy atom. The SMILES string of the molecule is CC(C)(C)c1nc(Cl)cc(-c2cnc3ccccc3c2)n1. The summed E-state index contributed by atoms with van der Waals surface area (Å²) in [5.74, 6) is 0.734. The summed E-state index contributed by atoms with van der Waals surface area (Å²) in [5.41, 5.74) is 2.57. The molecule has 0 aliphatic carbocycles. The first-order valence-corrected chi connectivity index (χ1v) is 7.21. The van der Waals surface area contributed by atoms with Gasteiger partial charge in [0.1, 0.15) is 11.0 Å². The van der Waals surface area contributed by atoms with Crippen LogP contribution in [0.5, 0.6) is 0 Å². The first-order valence-electron chi connectivity index (χ1n) is 6.84. The maximum absolute atomic E-state index is 6.15. The first kappa shape index (κ1) is 14.0. The van der Waals surface area contributed by atoms with Crippen molar-refractivity contribution in [3.8, 4) is 11.3 Å². The second kappa shape index (κ2) is 5.08. The molecule has 0 radical (unpaired) electrons. The Labute approximate surface area is 129 Å². The molecule has 21 heavy (non-hydrogen) atoms. The van der Waals surface area contributed by atoms with Crippen LogP contribution in [0.25, 0.3) is 22.2 Å². The van der Waals surface area contributed by atoms with Crippen LogP contribution < -0.4 is 0 Å². The van der Waals surface area contributed by atoms with Crippen molar-refractivity contribution in [1.82, 2.24) is 15.0 Å². The number of rotatable bonds is 1. The molecule has 0 spiro atoms. The Morgan fingerprint density at radius 3 is 2.52 bits per heavy atom. The number of fused-ring (bicyclic) bond motifs is 1. The highest BCUT2D eigenvalue weighted by atomic mass is 35.5. The molecule has 2 heterocycles. The summed E-state index contributed by atoms with van der Waals surface area (Å²) in [6.45, 7) is 6.21. The average Bonchev–Trinajstić information content (AvgIpc) is 2.45. The van der Waals surface area contributed by atoms with Crippen LogP contribution in [0.3, 0.4) is 0 Å². The summed E-state index contributed by atoms with van der Waals surface area (Å²) in [6.07, 6.45) is 1.83. The quantitative estimate of drug-likeness (QED) is 0.614. The molecular weight excluding hydrogens is 282 g/mol. The van der Waals surface area contributed by atoms with E-state index in [2.05, 4.69) is 41.8 Å². The summed E-state index contributed by atoms with van der Waals surface area (Å²) in [6, 6.07) is 11.9. The molecule has 0 fully saturated rings. The van der Waals surface area contributed by atoms with E-state index in [0.29, 0.717) is 5.15 Å². The molecule has 0 N–H and O–H groups in total. The zero-order chi connectivity index (χ0) is 15.0. The first-order chi connectivity index (χ1) is 9.93. The number of hydrogen-bond donors (Lipinski definition) is 0. The number of para-hydroxylation sites is 1. The Kier molecular flexibility index (Phi) is 3.38. The molecule has 0 bridgehead atoms. The highest BCUT2D eigenvalue weighted by molar-refractivity contribution is 6.29. The van der Waals surface area contributed by atoms with Gasteiger partial charge in [0.15, 0.2) is 0 Å². The van der Waals surface area contributed by atoms with Crippen LogP contribution in [-0.2, 0) is 5.41 Å². The zero-order valence-electron chi connectivity index (χ0n) is 12.3. The molecule has 1 aromatic carbocycles. The molecule has 0 atom stereocenters. The minimum Gasteiger partial charge on any atom is -0.256 e. The number of halogens is 1. The van der Waals surface area contributed by atoms with E-state index in [1.54, 1.807) is 6.07 Å². The predicted octanol–water partition coefficient (Wildman–Crippen LogP) is 4.64. The van der Waals surface area contributed by atoms with Crippen LogP contribution in [0.4, 0.5) is 0 Å².